The first-order valence-electron chi connectivity index (χ1n) is 13.9. The number of carbonyl (C=O) groups is 4. The zero-order chi connectivity index (χ0) is 25.0. The summed E-state index contributed by atoms with van der Waals surface area (Å²) in [7, 11) is 0. The largest absolute Gasteiger partial charge is 0.462 e. The van der Waals surface area contributed by atoms with E-state index in [0.29, 0.717) is 29.0 Å². The van der Waals surface area contributed by atoms with Crippen molar-refractivity contribution in [2.75, 3.05) is 11.5 Å². The number of ether oxygens (including phenoxy) is 1. The molecule has 5 aliphatic carbocycles. The van der Waals surface area contributed by atoms with Crippen LogP contribution in [-0.2, 0) is 19.1 Å². The Balaban J connectivity index is 1.28. The van der Waals surface area contributed by atoms with Gasteiger partial charge in [0.2, 0.25) is 11.8 Å². The van der Waals surface area contributed by atoms with Crippen LogP contribution in [0.2, 0.25) is 0 Å². The van der Waals surface area contributed by atoms with Gasteiger partial charge < -0.3 is 9.64 Å². The standard InChI is InChI=1S/C29H36N2O5/c1-2-36-27(34)21-7-9-23(10-8-21)31-25(32)14-24(26(31)33)30(22-5-3-4-6-22)28(35)29-15-18-11-19(16-29)13-20(12-18)17-29/h7-10,18-20,22,24H,2-6,11-17H2,1H3. The van der Waals surface area contributed by atoms with Crippen LogP contribution in [0.15, 0.2) is 24.3 Å². The van der Waals surface area contributed by atoms with E-state index in [1.807, 2.05) is 4.90 Å². The molecule has 0 spiro atoms. The zero-order valence-electron chi connectivity index (χ0n) is 21.1. The highest BCUT2D eigenvalue weighted by molar-refractivity contribution is 6.23. The van der Waals surface area contributed by atoms with E-state index < -0.39 is 12.0 Å². The fourth-order valence-electron chi connectivity index (χ4n) is 8.46. The van der Waals surface area contributed by atoms with Crippen LogP contribution in [0, 0.1) is 23.2 Å². The molecule has 1 atom stereocenters. The molecule has 5 saturated carbocycles. The molecule has 192 valence electrons. The maximum atomic E-state index is 14.4. The molecule has 0 N–H and O–H groups in total. The van der Waals surface area contributed by atoms with E-state index in [9.17, 15) is 19.2 Å². The summed E-state index contributed by atoms with van der Waals surface area (Å²) in [5, 5.41) is 0. The van der Waals surface area contributed by atoms with Crippen molar-refractivity contribution in [3.8, 4) is 0 Å². The molecule has 3 amide bonds. The third-order valence-electron chi connectivity index (χ3n) is 9.54. The van der Waals surface area contributed by atoms with Gasteiger partial charge in [-0.25, -0.2) is 9.69 Å². The number of carbonyl (C=O) groups excluding carboxylic acids is 4. The Bertz CT molecular complexity index is 1040. The lowest BCUT2D eigenvalue weighted by molar-refractivity contribution is -0.164. The smallest absolute Gasteiger partial charge is 0.338 e. The minimum atomic E-state index is -0.731. The van der Waals surface area contributed by atoms with E-state index in [0.717, 1.165) is 44.9 Å². The monoisotopic (exact) mass is 492 g/mol. The maximum absolute atomic E-state index is 14.4. The van der Waals surface area contributed by atoms with Gasteiger partial charge in [0, 0.05) is 6.04 Å². The first-order valence-corrected chi connectivity index (χ1v) is 13.9. The van der Waals surface area contributed by atoms with Gasteiger partial charge in [0.25, 0.3) is 5.91 Å². The van der Waals surface area contributed by atoms with E-state index in [2.05, 4.69) is 0 Å². The van der Waals surface area contributed by atoms with Crippen LogP contribution in [0.5, 0.6) is 0 Å². The second-order valence-electron chi connectivity index (χ2n) is 11.9. The average Bonchev–Trinajstić information content (AvgIpc) is 3.47. The lowest BCUT2D eigenvalue weighted by Gasteiger charge is -2.57. The topological polar surface area (TPSA) is 84.0 Å². The molecular weight excluding hydrogens is 456 g/mol. The van der Waals surface area contributed by atoms with E-state index in [1.165, 1.54) is 24.2 Å². The average molecular weight is 493 g/mol. The third-order valence-corrected chi connectivity index (χ3v) is 9.54. The van der Waals surface area contributed by atoms with Crippen LogP contribution < -0.4 is 4.90 Å². The molecule has 1 saturated heterocycles. The summed E-state index contributed by atoms with van der Waals surface area (Å²) >= 11 is 0. The number of nitrogens with zero attached hydrogens (tertiary/aromatic N) is 2. The normalized spacial score (nSPS) is 33.4. The van der Waals surface area contributed by atoms with Gasteiger partial charge in [0.05, 0.1) is 29.7 Å². The Labute approximate surface area is 212 Å². The van der Waals surface area contributed by atoms with Gasteiger partial charge in [-0.1, -0.05) is 12.8 Å². The predicted octanol–water partition coefficient (Wildman–Crippen LogP) is 4.48. The van der Waals surface area contributed by atoms with Crippen molar-refractivity contribution in [3.63, 3.8) is 0 Å². The highest BCUT2D eigenvalue weighted by Gasteiger charge is 2.58. The Morgan fingerprint density at radius 2 is 1.56 bits per heavy atom. The van der Waals surface area contributed by atoms with Crippen LogP contribution in [0.1, 0.15) is 87.9 Å². The molecule has 1 heterocycles. The molecule has 0 radical (unpaired) electrons. The maximum Gasteiger partial charge on any atom is 0.338 e. The van der Waals surface area contributed by atoms with Crippen LogP contribution in [0.3, 0.4) is 0 Å². The summed E-state index contributed by atoms with van der Waals surface area (Å²) in [5.74, 6) is 1.04. The number of hydrogen-bond donors (Lipinski definition) is 0. The van der Waals surface area contributed by atoms with Crippen molar-refractivity contribution in [1.82, 2.24) is 4.90 Å². The summed E-state index contributed by atoms with van der Waals surface area (Å²) in [5.41, 5.74) is 0.477. The first-order chi connectivity index (χ1) is 17.4. The molecule has 0 aromatic heterocycles. The van der Waals surface area contributed by atoms with Gasteiger partial charge in [0.15, 0.2) is 0 Å². The lowest BCUT2D eigenvalue weighted by Crippen LogP contribution is -2.59. The van der Waals surface area contributed by atoms with E-state index in [1.54, 1.807) is 31.2 Å². The van der Waals surface area contributed by atoms with Crippen molar-refractivity contribution >= 4 is 29.4 Å². The molecule has 4 bridgehead atoms. The molecule has 7 nitrogen and oxygen atoms in total. The Morgan fingerprint density at radius 1 is 0.972 bits per heavy atom. The Morgan fingerprint density at radius 3 is 2.11 bits per heavy atom. The summed E-state index contributed by atoms with van der Waals surface area (Å²) in [4.78, 5) is 56.5. The highest BCUT2D eigenvalue weighted by atomic mass is 16.5. The van der Waals surface area contributed by atoms with Gasteiger partial charge in [-0.3, -0.25) is 14.4 Å². The Hall–Kier alpha value is -2.70. The summed E-state index contributed by atoms with van der Waals surface area (Å²) in [6.07, 6.45) is 10.6. The van der Waals surface area contributed by atoms with Crippen molar-refractivity contribution in [3.05, 3.63) is 29.8 Å². The number of amides is 3. The number of esters is 1. The minimum Gasteiger partial charge on any atom is -0.462 e. The number of hydrogen-bond acceptors (Lipinski definition) is 5. The van der Waals surface area contributed by atoms with Gasteiger partial charge in [-0.2, -0.15) is 0 Å². The lowest BCUT2D eigenvalue weighted by atomic mass is 9.49. The number of anilines is 1. The number of imide groups is 1. The zero-order valence-corrected chi connectivity index (χ0v) is 21.1. The van der Waals surface area contributed by atoms with Gasteiger partial charge in [0.1, 0.15) is 6.04 Å². The Kier molecular flexibility index (Phi) is 5.92. The van der Waals surface area contributed by atoms with Crippen molar-refractivity contribution in [1.29, 1.82) is 0 Å². The van der Waals surface area contributed by atoms with Crippen molar-refractivity contribution in [2.24, 2.45) is 23.2 Å². The fraction of sp³-hybridized carbons (Fsp3) is 0.655. The highest BCUT2D eigenvalue weighted by Crippen LogP contribution is 2.61. The molecule has 6 aliphatic rings. The van der Waals surface area contributed by atoms with E-state index in [-0.39, 0.29) is 42.2 Å². The summed E-state index contributed by atoms with van der Waals surface area (Å²) in [6.45, 7) is 2.02. The van der Waals surface area contributed by atoms with Crippen LogP contribution in [0.4, 0.5) is 5.69 Å². The second kappa shape index (κ2) is 9.00. The van der Waals surface area contributed by atoms with Gasteiger partial charge in [-0.05, 0) is 100 Å². The van der Waals surface area contributed by atoms with Crippen LogP contribution in [0.25, 0.3) is 0 Å². The summed E-state index contributed by atoms with van der Waals surface area (Å²) < 4.78 is 5.04. The second-order valence-corrected chi connectivity index (χ2v) is 11.9. The minimum absolute atomic E-state index is 0.0348. The quantitative estimate of drug-likeness (QED) is 0.432. The number of rotatable bonds is 6. The van der Waals surface area contributed by atoms with Crippen molar-refractivity contribution in [2.45, 2.75) is 89.6 Å². The van der Waals surface area contributed by atoms with E-state index >= 15 is 0 Å². The molecule has 1 aromatic rings. The molecular formula is C29H36N2O5. The van der Waals surface area contributed by atoms with Crippen LogP contribution in [-0.4, -0.2) is 47.3 Å². The molecule has 6 fully saturated rings. The van der Waals surface area contributed by atoms with Gasteiger partial charge >= 0.3 is 5.97 Å². The molecule has 7 rings (SSSR count). The number of benzene rings is 1. The first kappa shape index (κ1) is 23.7. The predicted molar refractivity (Wildman–Crippen MR) is 133 cm³/mol. The molecule has 1 aliphatic heterocycles. The summed E-state index contributed by atoms with van der Waals surface area (Å²) in [6, 6.07) is 5.70. The molecule has 1 unspecified atom stereocenters. The van der Waals surface area contributed by atoms with Crippen LogP contribution >= 0.6 is 0 Å². The fourth-order valence-corrected chi connectivity index (χ4v) is 8.46. The van der Waals surface area contributed by atoms with E-state index in [4.69, 9.17) is 4.74 Å². The van der Waals surface area contributed by atoms with Crippen molar-refractivity contribution < 1.29 is 23.9 Å². The third kappa shape index (κ3) is 3.86. The van der Waals surface area contributed by atoms with Gasteiger partial charge in [-0.15, -0.1) is 0 Å². The molecule has 36 heavy (non-hydrogen) atoms. The SMILES string of the molecule is CCOC(=O)c1ccc(N2C(=O)CC(N(C(=O)C34CC5CC(CC(C5)C3)C4)C3CCCC3)C2=O)cc1. The molecule has 7 heteroatoms. The molecule has 1 aromatic carbocycles.